The summed E-state index contributed by atoms with van der Waals surface area (Å²) in [5, 5.41) is 19.5. The standard InChI is InChI=1S/C16H9F5N4O2/c1-5-2-26-16(27-5)15(4-23)12(14(15,3-22)13(24)25-16)6-7(17)9(19)11(21)10(20)8(6)18/h5,12H,2H2,1H3,(H2,24,25). The van der Waals surface area contributed by atoms with Gasteiger partial charge >= 0.3 is 0 Å². The van der Waals surface area contributed by atoms with Crippen molar-refractivity contribution in [3.8, 4) is 12.1 Å². The molecule has 5 unspecified atom stereocenters. The fraction of sp³-hybridized carbons (Fsp3) is 0.438. The van der Waals surface area contributed by atoms with Crippen molar-refractivity contribution >= 4 is 5.84 Å². The number of nitrogens with two attached hydrogens (primary N) is 1. The highest BCUT2D eigenvalue weighted by Gasteiger charge is 2.95. The van der Waals surface area contributed by atoms with Crippen LogP contribution in [-0.4, -0.2) is 24.5 Å². The number of nitrogens with zero attached hydrogens (tertiary/aromatic N) is 3. The third kappa shape index (κ3) is 1.59. The number of ether oxygens (including phenoxy) is 2. The maximum Gasteiger partial charge on any atom is 0.293 e. The highest BCUT2D eigenvalue weighted by Crippen LogP contribution is 2.83. The molecule has 3 aliphatic rings. The van der Waals surface area contributed by atoms with Gasteiger partial charge in [0.25, 0.3) is 5.91 Å². The Hall–Kier alpha value is -2.76. The highest BCUT2D eigenvalue weighted by atomic mass is 19.2. The lowest BCUT2D eigenvalue weighted by Crippen LogP contribution is -2.39. The second kappa shape index (κ2) is 4.94. The summed E-state index contributed by atoms with van der Waals surface area (Å²) in [6.45, 7) is 1.47. The molecule has 4 rings (SSSR count). The van der Waals surface area contributed by atoms with Crippen molar-refractivity contribution in [1.29, 1.82) is 10.5 Å². The molecule has 1 spiro atoms. The van der Waals surface area contributed by atoms with Crippen molar-refractivity contribution in [2.75, 3.05) is 6.61 Å². The summed E-state index contributed by atoms with van der Waals surface area (Å²) < 4.78 is 80.5. The summed E-state index contributed by atoms with van der Waals surface area (Å²) in [6, 6.07) is 3.38. The Morgan fingerprint density at radius 3 is 2.04 bits per heavy atom. The molecule has 27 heavy (non-hydrogen) atoms. The van der Waals surface area contributed by atoms with E-state index in [4.69, 9.17) is 15.2 Å². The number of rotatable bonds is 1. The first kappa shape index (κ1) is 17.6. The lowest BCUT2D eigenvalue weighted by atomic mass is 9.93. The largest absolute Gasteiger partial charge is 0.386 e. The molecule has 2 fully saturated rings. The number of hydrogen-bond acceptors (Lipinski definition) is 6. The van der Waals surface area contributed by atoms with Gasteiger partial charge in [0.15, 0.2) is 28.7 Å². The van der Waals surface area contributed by atoms with Crippen molar-refractivity contribution < 1.29 is 31.4 Å². The minimum atomic E-state index is -2.35. The Labute approximate surface area is 148 Å². The van der Waals surface area contributed by atoms with Gasteiger partial charge in [0.2, 0.25) is 5.82 Å². The van der Waals surface area contributed by atoms with Crippen LogP contribution in [0.3, 0.4) is 0 Å². The molecule has 2 N–H and O–H groups in total. The fourth-order valence-corrected chi connectivity index (χ4v) is 4.17. The Morgan fingerprint density at radius 2 is 1.59 bits per heavy atom. The lowest BCUT2D eigenvalue weighted by molar-refractivity contribution is -0.193. The van der Waals surface area contributed by atoms with Crippen molar-refractivity contribution in [3.05, 3.63) is 34.6 Å². The van der Waals surface area contributed by atoms with E-state index in [1.54, 1.807) is 19.1 Å². The third-order valence-corrected chi connectivity index (χ3v) is 5.33. The smallest absolute Gasteiger partial charge is 0.293 e. The number of amidine groups is 1. The van der Waals surface area contributed by atoms with Crippen LogP contribution >= 0.6 is 0 Å². The number of fused-ring (bicyclic) bond motifs is 2. The summed E-state index contributed by atoms with van der Waals surface area (Å²) in [6.07, 6.45) is -0.612. The number of nitriles is 2. The fourth-order valence-electron chi connectivity index (χ4n) is 4.17. The van der Waals surface area contributed by atoms with Gasteiger partial charge < -0.3 is 15.2 Å². The van der Waals surface area contributed by atoms with Crippen molar-refractivity contribution in [2.24, 2.45) is 21.6 Å². The molecule has 5 atom stereocenters. The number of hydrogen-bond donors (Lipinski definition) is 1. The van der Waals surface area contributed by atoms with Gasteiger partial charge in [-0.05, 0) is 6.92 Å². The molecule has 1 aliphatic carbocycles. The van der Waals surface area contributed by atoms with Gasteiger partial charge in [-0.1, -0.05) is 0 Å². The van der Waals surface area contributed by atoms with E-state index < -0.39 is 69.2 Å². The van der Waals surface area contributed by atoms with E-state index in [0.29, 0.717) is 0 Å². The van der Waals surface area contributed by atoms with E-state index in [9.17, 15) is 32.5 Å². The zero-order chi connectivity index (χ0) is 19.9. The van der Waals surface area contributed by atoms with Crippen LogP contribution in [0.4, 0.5) is 22.0 Å². The molecule has 2 aliphatic heterocycles. The van der Waals surface area contributed by atoms with Gasteiger partial charge in [-0.15, -0.1) is 0 Å². The molecule has 1 saturated heterocycles. The number of halogens is 5. The Kier molecular flexibility index (Phi) is 3.23. The summed E-state index contributed by atoms with van der Waals surface area (Å²) in [5.74, 6) is -15.6. The van der Waals surface area contributed by atoms with Gasteiger partial charge in [-0.2, -0.15) is 10.5 Å². The highest BCUT2D eigenvalue weighted by molar-refractivity contribution is 6.00. The van der Waals surface area contributed by atoms with Crippen LogP contribution in [-0.2, 0) is 9.47 Å². The summed E-state index contributed by atoms with van der Waals surface area (Å²) >= 11 is 0. The minimum absolute atomic E-state index is 0.0778. The molecule has 0 bridgehead atoms. The first-order valence-electron chi connectivity index (χ1n) is 7.66. The summed E-state index contributed by atoms with van der Waals surface area (Å²) in [4.78, 5) is 3.88. The van der Waals surface area contributed by atoms with E-state index in [1.165, 1.54) is 0 Å². The van der Waals surface area contributed by atoms with Gasteiger partial charge in [0, 0.05) is 11.5 Å². The number of benzene rings is 1. The predicted octanol–water partition coefficient (Wildman–Crippen LogP) is 1.96. The van der Waals surface area contributed by atoms with Crippen molar-refractivity contribution in [2.45, 2.75) is 24.9 Å². The average Bonchev–Trinajstić information content (AvgIpc) is 2.99. The molecule has 0 amide bonds. The van der Waals surface area contributed by atoms with Crippen LogP contribution in [0.1, 0.15) is 18.4 Å². The minimum Gasteiger partial charge on any atom is -0.386 e. The van der Waals surface area contributed by atoms with E-state index in [-0.39, 0.29) is 6.61 Å². The SMILES string of the molecule is CC1COC2(N=C(N)C3(C#N)C(c4c(F)c(F)c(F)c(F)c4F)C23C#N)O1. The Morgan fingerprint density at radius 1 is 1.04 bits per heavy atom. The van der Waals surface area contributed by atoms with Crippen LogP contribution in [0.2, 0.25) is 0 Å². The van der Waals surface area contributed by atoms with Gasteiger partial charge in [0.05, 0.1) is 24.8 Å². The second-order valence-corrected chi connectivity index (χ2v) is 6.57. The van der Waals surface area contributed by atoms with Crippen molar-refractivity contribution in [3.63, 3.8) is 0 Å². The van der Waals surface area contributed by atoms with Crippen LogP contribution in [0.5, 0.6) is 0 Å². The molecule has 1 aromatic rings. The van der Waals surface area contributed by atoms with Crippen LogP contribution in [0, 0.1) is 62.6 Å². The van der Waals surface area contributed by atoms with E-state index in [0.717, 1.165) is 0 Å². The molecule has 1 aromatic carbocycles. The topological polar surface area (TPSA) is 104 Å². The van der Waals surface area contributed by atoms with Gasteiger partial charge in [-0.3, -0.25) is 0 Å². The van der Waals surface area contributed by atoms with Gasteiger partial charge in [0.1, 0.15) is 11.3 Å². The number of aliphatic imine (C=N–C) groups is 1. The molecular weight excluding hydrogens is 375 g/mol. The normalized spacial score (nSPS) is 39.0. The lowest BCUT2D eigenvalue weighted by Gasteiger charge is -2.26. The van der Waals surface area contributed by atoms with Gasteiger partial charge in [-0.25, -0.2) is 26.9 Å². The molecule has 2 heterocycles. The molecule has 140 valence electrons. The Bertz CT molecular complexity index is 989. The van der Waals surface area contributed by atoms with Crippen LogP contribution in [0.25, 0.3) is 0 Å². The van der Waals surface area contributed by atoms with Crippen LogP contribution < -0.4 is 5.73 Å². The second-order valence-electron chi connectivity index (χ2n) is 6.57. The average molecular weight is 384 g/mol. The quantitative estimate of drug-likeness (QED) is 0.453. The molecule has 0 radical (unpaired) electrons. The van der Waals surface area contributed by atoms with E-state index >= 15 is 0 Å². The summed E-state index contributed by atoms with van der Waals surface area (Å²) in [7, 11) is 0. The van der Waals surface area contributed by atoms with E-state index in [1.807, 2.05) is 0 Å². The predicted molar refractivity (Wildman–Crippen MR) is 75.9 cm³/mol. The maximum atomic E-state index is 14.4. The molecule has 1 saturated carbocycles. The first-order valence-corrected chi connectivity index (χ1v) is 7.66. The first-order chi connectivity index (χ1) is 12.6. The monoisotopic (exact) mass is 384 g/mol. The van der Waals surface area contributed by atoms with Crippen LogP contribution in [0.15, 0.2) is 4.99 Å². The molecular formula is C16H9F5N4O2. The molecule has 0 aromatic heterocycles. The Balaban J connectivity index is 2.02. The zero-order valence-corrected chi connectivity index (χ0v) is 13.5. The van der Waals surface area contributed by atoms with E-state index in [2.05, 4.69) is 4.99 Å². The van der Waals surface area contributed by atoms with Crippen molar-refractivity contribution in [1.82, 2.24) is 0 Å². The zero-order valence-electron chi connectivity index (χ0n) is 13.5. The summed E-state index contributed by atoms with van der Waals surface area (Å²) in [5.41, 5.74) is 0.0802. The molecule has 11 heteroatoms. The third-order valence-electron chi connectivity index (χ3n) is 5.33. The molecule has 6 nitrogen and oxygen atoms in total. The maximum absolute atomic E-state index is 14.4.